The van der Waals surface area contributed by atoms with E-state index in [1.807, 2.05) is 6.07 Å². The minimum atomic E-state index is -0.491. The van der Waals surface area contributed by atoms with Crippen LogP contribution in [0, 0.1) is 21.4 Å². The van der Waals surface area contributed by atoms with Crippen LogP contribution in [0.15, 0.2) is 18.2 Å². The highest BCUT2D eigenvalue weighted by Gasteiger charge is 2.20. The number of non-ortho nitro benzene ring substituents is 1. The van der Waals surface area contributed by atoms with Gasteiger partial charge < -0.3 is 10.2 Å². The predicted molar refractivity (Wildman–Crippen MR) is 72.0 cm³/mol. The number of nitrogens with one attached hydrogen (secondary N) is 1. The molecule has 1 fully saturated rings. The Morgan fingerprint density at radius 2 is 2.42 bits per heavy atom. The molecule has 0 amide bonds. The zero-order valence-electron chi connectivity index (χ0n) is 10.8. The van der Waals surface area contributed by atoms with Crippen LogP contribution < -0.4 is 5.32 Å². The Morgan fingerprint density at radius 3 is 3.00 bits per heavy atom. The fourth-order valence-corrected chi connectivity index (χ4v) is 2.36. The van der Waals surface area contributed by atoms with Gasteiger partial charge in [-0.3, -0.25) is 10.1 Å². The van der Waals surface area contributed by atoms with Gasteiger partial charge in [-0.25, -0.2) is 0 Å². The van der Waals surface area contributed by atoms with Crippen molar-refractivity contribution in [2.45, 2.75) is 18.9 Å². The van der Waals surface area contributed by atoms with E-state index in [4.69, 9.17) is 5.26 Å². The van der Waals surface area contributed by atoms with Crippen molar-refractivity contribution >= 4 is 11.4 Å². The van der Waals surface area contributed by atoms with Crippen LogP contribution in [-0.2, 0) is 0 Å². The van der Waals surface area contributed by atoms with Crippen LogP contribution in [-0.4, -0.2) is 36.0 Å². The second kappa shape index (κ2) is 5.67. The number of likely N-dealkylation sites (N-methyl/N-ethyl adjacent to an activating group) is 1. The van der Waals surface area contributed by atoms with Gasteiger partial charge in [-0.1, -0.05) is 0 Å². The Hall–Kier alpha value is -2.13. The second-order valence-electron chi connectivity index (χ2n) is 4.76. The van der Waals surface area contributed by atoms with Gasteiger partial charge in [-0.05, 0) is 32.5 Å². The summed E-state index contributed by atoms with van der Waals surface area (Å²) in [6.07, 6.45) is 2.33. The summed E-state index contributed by atoms with van der Waals surface area (Å²) < 4.78 is 0. The zero-order chi connectivity index (χ0) is 13.8. The molecule has 1 aromatic rings. The van der Waals surface area contributed by atoms with Gasteiger partial charge in [-0.2, -0.15) is 5.26 Å². The molecule has 0 radical (unpaired) electrons. The SMILES string of the molecule is CN1CCCC1CNc1ccc([N+](=O)[O-])cc1C#N. The first kappa shape index (κ1) is 13.3. The number of rotatable bonds is 4. The lowest BCUT2D eigenvalue weighted by Gasteiger charge is -2.20. The molecule has 0 saturated carbocycles. The maximum absolute atomic E-state index is 10.7. The molecular weight excluding hydrogens is 244 g/mol. The third kappa shape index (κ3) is 3.01. The summed E-state index contributed by atoms with van der Waals surface area (Å²) in [5.74, 6) is 0. The van der Waals surface area contributed by atoms with Crippen LogP contribution in [0.25, 0.3) is 0 Å². The smallest absolute Gasteiger partial charge is 0.270 e. The highest BCUT2D eigenvalue weighted by atomic mass is 16.6. The van der Waals surface area contributed by atoms with Crippen LogP contribution in [0.3, 0.4) is 0 Å². The summed E-state index contributed by atoms with van der Waals surface area (Å²) in [5.41, 5.74) is 0.920. The number of hydrogen-bond acceptors (Lipinski definition) is 5. The van der Waals surface area contributed by atoms with Gasteiger partial charge in [0.1, 0.15) is 6.07 Å². The number of anilines is 1. The van der Waals surface area contributed by atoms with E-state index in [2.05, 4.69) is 17.3 Å². The average Bonchev–Trinajstić information content (AvgIpc) is 2.81. The zero-order valence-corrected chi connectivity index (χ0v) is 10.8. The molecule has 0 bridgehead atoms. The van der Waals surface area contributed by atoms with Gasteiger partial charge >= 0.3 is 0 Å². The maximum Gasteiger partial charge on any atom is 0.270 e. The molecule has 6 heteroatoms. The van der Waals surface area contributed by atoms with Crippen LogP contribution in [0.2, 0.25) is 0 Å². The van der Waals surface area contributed by atoms with Crippen LogP contribution in [0.4, 0.5) is 11.4 Å². The van der Waals surface area contributed by atoms with Crippen molar-refractivity contribution in [1.82, 2.24) is 4.90 Å². The summed E-state index contributed by atoms with van der Waals surface area (Å²) >= 11 is 0. The minimum Gasteiger partial charge on any atom is -0.382 e. The fourth-order valence-electron chi connectivity index (χ4n) is 2.36. The first-order valence-electron chi connectivity index (χ1n) is 6.24. The van der Waals surface area contributed by atoms with Crippen LogP contribution >= 0.6 is 0 Å². The van der Waals surface area contributed by atoms with Crippen LogP contribution in [0.5, 0.6) is 0 Å². The lowest BCUT2D eigenvalue weighted by atomic mass is 10.1. The Kier molecular flexibility index (Phi) is 3.97. The van der Waals surface area contributed by atoms with Gasteiger partial charge in [0.25, 0.3) is 5.69 Å². The topological polar surface area (TPSA) is 82.2 Å². The van der Waals surface area contributed by atoms with Crippen molar-refractivity contribution in [3.8, 4) is 6.07 Å². The van der Waals surface area contributed by atoms with Gasteiger partial charge in [0.15, 0.2) is 0 Å². The molecular formula is C13H16N4O2. The van der Waals surface area contributed by atoms with E-state index in [9.17, 15) is 10.1 Å². The van der Waals surface area contributed by atoms with Crippen molar-refractivity contribution in [2.75, 3.05) is 25.5 Å². The van der Waals surface area contributed by atoms with Crippen molar-refractivity contribution < 1.29 is 4.92 Å². The van der Waals surface area contributed by atoms with E-state index < -0.39 is 4.92 Å². The number of benzene rings is 1. The van der Waals surface area contributed by atoms with Gasteiger partial charge in [0, 0.05) is 24.7 Å². The highest BCUT2D eigenvalue weighted by Crippen LogP contribution is 2.22. The molecule has 1 atom stereocenters. The van der Waals surface area contributed by atoms with Crippen molar-refractivity contribution in [3.05, 3.63) is 33.9 Å². The normalized spacial score (nSPS) is 19.1. The number of nitriles is 1. The third-order valence-electron chi connectivity index (χ3n) is 3.53. The quantitative estimate of drug-likeness (QED) is 0.661. The Morgan fingerprint density at radius 1 is 1.63 bits per heavy atom. The van der Waals surface area contributed by atoms with E-state index in [0.717, 1.165) is 19.5 Å². The molecule has 1 heterocycles. The summed E-state index contributed by atoms with van der Waals surface area (Å²) in [5, 5.41) is 22.9. The number of nitro benzene ring substituents is 1. The van der Waals surface area contributed by atoms with Crippen molar-refractivity contribution in [1.29, 1.82) is 5.26 Å². The number of nitrogens with zero attached hydrogens (tertiary/aromatic N) is 3. The summed E-state index contributed by atoms with van der Waals surface area (Å²) in [7, 11) is 2.08. The molecule has 100 valence electrons. The largest absolute Gasteiger partial charge is 0.382 e. The lowest BCUT2D eigenvalue weighted by Crippen LogP contribution is -2.31. The average molecular weight is 260 g/mol. The third-order valence-corrected chi connectivity index (χ3v) is 3.53. The Bertz CT molecular complexity index is 524. The molecule has 1 N–H and O–H groups in total. The highest BCUT2D eigenvalue weighted by molar-refractivity contribution is 5.61. The molecule has 19 heavy (non-hydrogen) atoms. The predicted octanol–water partition coefficient (Wildman–Crippen LogP) is 1.97. The second-order valence-corrected chi connectivity index (χ2v) is 4.76. The Labute approximate surface area is 111 Å². The van der Waals surface area contributed by atoms with E-state index >= 15 is 0 Å². The van der Waals surface area contributed by atoms with Gasteiger partial charge in [-0.15, -0.1) is 0 Å². The van der Waals surface area contributed by atoms with Gasteiger partial charge in [0.05, 0.1) is 16.2 Å². The monoisotopic (exact) mass is 260 g/mol. The molecule has 6 nitrogen and oxygen atoms in total. The molecule has 0 aliphatic carbocycles. The molecule has 1 aromatic carbocycles. The lowest BCUT2D eigenvalue weighted by molar-refractivity contribution is -0.384. The van der Waals surface area contributed by atoms with Crippen molar-refractivity contribution in [2.24, 2.45) is 0 Å². The number of hydrogen-bond donors (Lipinski definition) is 1. The summed E-state index contributed by atoms with van der Waals surface area (Å²) in [6.45, 7) is 1.85. The number of nitro groups is 1. The summed E-state index contributed by atoms with van der Waals surface area (Å²) in [6, 6.07) is 6.78. The van der Waals surface area contributed by atoms with Crippen LogP contribution in [0.1, 0.15) is 18.4 Å². The standard InChI is InChI=1S/C13H16N4O2/c1-16-6-2-3-12(16)9-15-13-5-4-11(17(18)19)7-10(13)8-14/h4-5,7,12,15H,2-3,6,9H2,1H3. The van der Waals surface area contributed by atoms with E-state index in [-0.39, 0.29) is 5.69 Å². The first-order valence-corrected chi connectivity index (χ1v) is 6.24. The number of likely N-dealkylation sites (tertiary alicyclic amines) is 1. The van der Waals surface area contributed by atoms with E-state index in [1.54, 1.807) is 6.07 Å². The molecule has 0 spiro atoms. The summed E-state index contributed by atoms with van der Waals surface area (Å²) in [4.78, 5) is 12.5. The fraction of sp³-hybridized carbons (Fsp3) is 0.462. The molecule has 2 rings (SSSR count). The molecule has 0 aromatic heterocycles. The molecule has 1 saturated heterocycles. The van der Waals surface area contributed by atoms with E-state index in [1.165, 1.54) is 18.6 Å². The first-order chi connectivity index (χ1) is 9.11. The van der Waals surface area contributed by atoms with Crippen molar-refractivity contribution in [3.63, 3.8) is 0 Å². The molecule has 1 aliphatic rings. The minimum absolute atomic E-state index is 0.0555. The molecule has 1 aliphatic heterocycles. The maximum atomic E-state index is 10.7. The van der Waals surface area contributed by atoms with E-state index in [0.29, 0.717) is 17.3 Å². The van der Waals surface area contributed by atoms with Gasteiger partial charge in [0.2, 0.25) is 0 Å². The molecule has 1 unspecified atom stereocenters. The Balaban J connectivity index is 2.08.